The molecule has 2 heteroatoms. The maximum atomic E-state index is 9.34. The van der Waals surface area contributed by atoms with Crippen LogP contribution in [0.2, 0.25) is 0 Å². The molecule has 0 aromatic heterocycles. The van der Waals surface area contributed by atoms with Gasteiger partial charge in [0.15, 0.2) is 0 Å². The first-order valence-electron chi connectivity index (χ1n) is 3.55. The van der Waals surface area contributed by atoms with Crippen LogP contribution in [0.5, 0.6) is 5.75 Å². The molecule has 0 heterocycles. The zero-order chi connectivity index (χ0) is 8.27. The molecule has 61 valence electrons. The third-order valence-electron chi connectivity index (χ3n) is 1.65. The number of aryl methyl sites for hydroxylation is 1. The van der Waals surface area contributed by atoms with Crippen LogP contribution in [0.3, 0.4) is 0 Å². The van der Waals surface area contributed by atoms with Crippen molar-refractivity contribution in [3.05, 3.63) is 42.0 Å². The van der Waals surface area contributed by atoms with Gasteiger partial charge in [-0.3, -0.25) is 0 Å². The summed E-state index contributed by atoms with van der Waals surface area (Å²) >= 11 is 0. The van der Waals surface area contributed by atoms with Gasteiger partial charge >= 0.3 is 0 Å². The topological polar surface area (TPSA) is 20.2 Å². The van der Waals surface area contributed by atoms with Gasteiger partial charge in [-0.15, -0.1) is 18.2 Å². The van der Waals surface area contributed by atoms with Crippen LogP contribution < -0.4 is 0 Å². The van der Waals surface area contributed by atoms with Gasteiger partial charge in [-0.1, -0.05) is 13.0 Å². The van der Waals surface area contributed by atoms with Crippen LogP contribution in [0.15, 0.2) is 24.8 Å². The summed E-state index contributed by atoms with van der Waals surface area (Å²) in [6.45, 7) is 5.57. The van der Waals surface area contributed by atoms with Crippen molar-refractivity contribution in [2.24, 2.45) is 0 Å². The van der Waals surface area contributed by atoms with Crippen LogP contribution >= 0.6 is 0 Å². The van der Waals surface area contributed by atoms with Crippen molar-refractivity contribution >= 4 is 0 Å². The zero-order valence-electron chi connectivity index (χ0n) is 7.17. The van der Waals surface area contributed by atoms with Crippen LogP contribution in [-0.2, 0) is 39.1 Å². The minimum atomic E-state index is 0. The largest absolute Gasteiger partial charge is 0.565 e. The first-order chi connectivity index (χ1) is 5.25. The average molecular weight is 236 g/mol. The number of benzene rings is 1. The Morgan fingerprint density at radius 1 is 1.58 bits per heavy atom. The Balaban J connectivity index is 0.00000121. The average Bonchev–Trinajstić information content (AvgIpc) is 1.97. The summed E-state index contributed by atoms with van der Waals surface area (Å²) in [6.07, 6.45) is 2.49. The van der Waals surface area contributed by atoms with Gasteiger partial charge in [0.25, 0.3) is 0 Å². The SMILES string of the molecule is C=CCc1c(C)c[c-]cc1O.[Y]. The predicted molar refractivity (Wildman–Crippen MR) is 45.6 cm³/mol. The molecule has 12 heavy (non-hydrogen) atoms. The molecule has 0 bridgehead atoms. The summed E-state index contributed by atoms with van der Waals surface area (Å²) in [4.78, 5) is 0. The smallest absolute Gasteiger partial charge is 0.00693 e. The van der Waals surface area contributed by atoms with Crippen molar-refractivity contribution in [3.8, 4) is 5.75 Å². The van der Waals surface area contributed by atoms with Gasteiger partial charge in [0.2, 0.25) is 0 Å². The molecule has 0 aliphatic carbocycles. The minimum Gasteiger partial charge on any atom is -0.565 e. The number of aromatic hydroxyl groups is 1. The Morgan fingerprint density at radius 3 is 2.75 bits per heavy atom. The van der Waals surface area contributed by atoms with Crippen LogP contribution in [-0.4, -0.2) is 5.11 Å². The van der Waals surface area contributed by atoms with Gasteiger partial charge < -0.3 is 5.11 Å². The second-order valence-corrected chi connectivity index (χ2v) is 2.49. The predicted octanol–water partition coefficient (Wildman–Crippen LogP) is 2.23. The molecule has 1 rings (SSSR count). The van der Waals surface area contributed by atoms with Crippen LogP contribution in [0, 0.1) is 13.0 Å². The van der Waals surface area contributed by atoms with Gasteiger partial charge in [0, 0.05) is 38.5 Å². The second kappa shape index (κ2) is 5.50. The molecule has 0 amide bonds. The molecule has 1 radical (unpaired) electrons. The first-order valence-corrected chi connectivity index (χ1v) is 3.55. The number of hydrogen-bond acceptors (Lipinski definition) is 1. The van der Waals surface area contributed by atoms with Gasteiger partial charge in [-0.25, -0.2) is 0 Å². The van der Waals surface area contributed by atoms with Crippen LogP contribution in [0.4, 0.5) is 0 Å². The molecular formula is C10H11OY-. The summed E-state index contributed by atoms with van der Waals surface area (Å²) in [7, 11) is 0. The summed E-state index contributed by atoms with van der Waals surface area (Å²) in [5.74, 6) is 0.310. The first kappa shape index (κ1) is 11.9. The molecule has 1 aromatic rings. The van der Waals surface area contributed by atoms with Gasteiger partial charge in [-0.2, -0.15) is 17.7 Å². The standard InChI is InChI=1S/C10H11O.Y/c1-3-5-9-8(2)6-4-7-10(9)11;/h3,6-7,11H,1,5H2,2H3;/q-1;. The summed E-state index contributed by atoms with van der Waals surface area (Å²) < 4.78 is 0. The normalized spacial score (nSPS) is 8.75. The van der Waals surface area contributed by atoms with Crippen molar-refractivity contribution in [1.82, 2.24) is 0 Å². The van der Waals surface area contributed by atoms with E-state index >= 15 is 0 Å². The summed E-state index contributed by atoms with van der Waals surface area (Å²) in [6, 6.07) is 6.28. The van der Waals surface area contributed by atoms with E-state index in [4.69, 9.17) is 0 Å². The Kier molecular flexibility index (Phi) is 5.44. The molecule has 1 N–H and O–H groups in total. The van der Waals surface area contributed by atoms with Gasteiger partial charge in [0.05, 0.1) is 0 Å². The Bertz CT molecular complexity index is 248. The molecule has 0 aliphatic rings. The number of phenols is 1. The number of rotatable bonds is 2. The molecule has 0 spiro atoms. The quantitative estimate of drug-likeness (QED) is 0.616. The molecule has 0 saturated heterocycles. The fourth-order valence-corrected chi connectivity index (χ4v) is 1.03. The van der Waals surface area contributed by atoms with Crippen LogP contribution in [0.25, 0.3) is 0 Å². The molecule has 1 nitrogen and oxygen atoms in total. The maximum Gasteiger partial charge on any atom is 0.00693 e. The summed E-state index contributed by atoms with van der Waals surface area (Å²) in [5.41, 5.74) is 2.00. The van der Waals surface area contributed by atoms with Crippen molar-refractivity contribution < 1.29 is 37.8 Å². The van der Waals surface area contributed by atoms with E-state index in [1.165, 1.54) is 0 Å². The van der Waals surface area contributed by atoms with Gasteiger partial charge in [-0.05, 0) is 6.42 Å². The van der Waals surface area contributed by atoms with E-state index in [9.17, 15) is 5.11 Å². The van der Waals surface area contributed by atoms with Crippen molar-refractivity contribution in [2.45, 2.75) is 13.3 Å². The maximum absolute atomic E-state index is 9.34. The van der Waals surface area contributed by atoms with Crippen molar-refractivity contribution in [3.63, 3.8) is 0 Å². The van der Waals surface area contributed by atoms with Crippen molar-refractivity contribution in [1.29, 1.82) is 0 Å². The van der Waals surface area contributed by atoms with E-state index in [1.54, 1.807) is 12.1 Å². The third-order valence-corrected chi connectivity index (χ3v) is 1.65. The fraction of sp³-hybridized carbons (Fsp3) is 0.200. The Hall–Kier alpha value is -0.136. The van der Waals surface area contributed by atoms with E-state index in [0.29, 0.717) is 12.2 Å². The number of hydrogen-bond donors (Lipinski definition) is 1. The van der Waals surface area contributed by atoms with Crippen molar-refractivity contribution in [2.75, 3.05) is 0 Å². The molecule has 0 aliphatic heterocycles. The number of phenolic OH excluding ortho intramolecular Hbond substituents is 1. The third kappa shape index (κ3) is 2.73. The second-order valence-electron chi connectivity index (χ2n) is 2.49. The zero-order valence-corrected chi connectivity index (χ0v) is 10.0. The van der Waals surface area contributed by atoms with E-state index in [-0.39, 0.29) is 32.7 Å². The monoisotopic (exact) mass is 236 g/mol. The Morgan fingerprint density at radius 2 is 2.25 bits per heavy atom. The minimum absolute atomic E-state index is 0. The van der Waals surface area contributed by atoms with E-state index < -0.39 is 0 Å². The Labute approximate surface area is 98.4 Å². The molecule has 0 unspecified atom stereocenters. The molecule has 1 aromatic carbocycles. The fourth-order valence-electron chi connectivity index (χ4n) is 1.03. The molecule has 0 saturated carbocycles. The van der Waals surface area contributed by atoms with E-state index in [2.05, 4.69) is 12.6 Å². The number of allylic oxidation sites excluding steroid dienone is 1. The molecule has 0 fully saturated rings. The molecular weight excluding hydrogens is 225 g/mol. The van der Waals surface area contributed by atoms with Crippen LogP contribution in [0.1, 0.15) is 11.1 Å². The van der Waals surface area contributed by atoms with E-state index in [0.717, 1.165) is 11.1 Å². The van der Waals surface area contributed by atoms with E-state index in [1.807, 2.05) is 13.0 Å². The molecule has 0 atom stereocenters. The van der Waals surface area contributed by atoms with Gasteiger partial charge in [0.1, 0.15) is 0 Å². The summed E-state index contributed by atoms with van der Waals surface area (Å²) in [5, 5.41) is 9.34.